The normalized spacial score (nSPS) is 10.8. The van der Waals surface area contributed by atoms with Crippen LogP contribution in [0.5, 0.6) is 11.5 Å². The summed E-state index contributed by atoms with van der Waals surface area (Å²) in [7, 11) is 1.62. The minimum atomic E-state index is -0.348. The van der Waals surface area contributed by atoms with Crippen LogP contribution in [-0.4, -0.2) is 13.7 Å². The van der Waals surface area contributed by atoms with Crippen molar-refractivity contribution >= 4 is 15.9 Å². The Morgan fingerprint density at radius 3 is 2.65 bits per heavy atom. The van der Waals surface area contributed by atoms with Crippen molar-refractivity contribution in [2.45, 2.75) is 20.3 Å². The molecule has 0 spiro atoms. The minimum absolute atomic E-state index is 0.348. The summed E-state index contributed by atoms with van der Waals surface area (Å²) in [4.78, 5) is 0. The topological polar surface area (TPSA) is 42.2 Å². The highest BCUT2D eigenvalue weighted by Gasteiger charge is 2.16. The Labute approximate surface area is 110 Å². The Morgan fingerprint density at radius 1 is 1.41 bits per heavy atom. The van der Waals surface area contributed by atoms with Crippen LogP contribution in [0.2, 0.25) is 0 Å². The van der Waals surface area contributed by atoms with E-state index in [1.807, 2.05) is 32.0 Å². The van der Waals surface area contributed by atoms with Gasteiger partial charge >= 0.3 is 0 Å². The zero-order chi connectivity index (χ0) is 12.9. The van der Waals surface area contributed by atoms with Crippen molar-refractivity contribution in [2.75, 3.05) is 13.7 Å². The standard InChI is InChI=1S/C13H16BrNO2/c1-13(2,9-15)6-7-17-12-5-4-10(16-3)8-11(12)14/h4-5,8H,6-7H2,1-3H3. The van der Waals surface area contributed by atoms with E-state index in [9.17, 15) is 0 Å². The Kier molecular flexibility index (Phi) is 4.83. The quantitative estimate of drug-likeness (QED) is 0.831. The van der Waals surface area contributed by atoms with E-state index >= 15 is 0 Å². The van der Waals surface area contributed by atoms with E-state index in [2.05, 4.69) is 22.0 Å². The molecule has 92 valence electrons. The summed E-state index contributed by atoms with van der Waals surface area (Å²) in [5.41, 5.74) is -0.348. The molecule has 4 heteroatoms. The second kappa shape index (κ2) is 5.92. The highest BCUT2D eigenvalue weighted by Crippen LogP contribution is 2.29. The van der Waals surface area contributed by atoms with Crippen LogP contribution in [0.4, 0.5) is 0 Å². The van der Waals surface area contributed by atoms with Crippen LogP contribution in [0.15, 0.2) is 22.7 Å². The molecule has 0 saturated carbocycles. The maximum atomic E-state index is 8.88. The lowest BCUT2D eigenvalue weighted by molar-refractivity contribution is 0.262. The van der Waals surface area contributed by atoms with Gasteiger partial charge in [-0.15, -0.1) is 0 Å². The lowest BCUT2D eigenvalue weighted by Gasteiger charge is -2.16. The molecule has 1 aromatic rings. The first-order chi connectivity index (χ1) is 7.98. The van der Waals surface area contributed by atoms with Gasteiger partial charge in [-0.3, -0.25) is 0 Å². The number of hydrogen-bond donors (Lipinski definition) is 0. The zero-order valence-electron chi connectivity index (χ0n) is 10.3. The van der Waals surface area contributed by atoms with Crippen molar-refractivity contribution in [2.24, 2.45) is 5.41 Å². The summed E-state index contributed by atoms with van der Waals surface area (Å²) >= 11 is 3.42. The molecule has 0 unspecified atom stereocenters. The maximum absolute atomic E-state index is 8.88. The molecule has 0 heterocycles. The van der Waals surface area contributed by atoms with Crippen LogP contribution in [0.25, 0.3) is 0 Å². The molecule has 0 fully saturated rings. The van der Waals surface area contributed by atoms with Crippen molar-refractivity contribution in [3.05, 3.63) is 22.7 Å². The number of rotatable bonds is 5. The number of halogens is 1. The number of ether oxygens (including phenoxy) is 2. The fourth-order valence-electron chi connectivity index (χ4n) is 1.20. The highest BCUT2D eigenvalue weighted by atomic mass is 79.9. The highest BCUT2D eigenvalue weighted by molar-refractivity contribution is 9.10. The fraction of sp³-hybridized carbons (Fsp3) is 0.462. The molecule has 0 atom stereocenters. The van der Waals surface area contributed by atoms with Crippen LogP contribution in [0.3, 0.4) is 0 Å². The van der Waals surface area contributed by atoms with Gasteiger partial charge in [0.15, 0.2) is 0 Å². The van der Waals surface area contributed by atoms with E-state index in [1.54, 1.807) is 7.11 Å². The van der Waals surface area contributed by atoms with Crippen molar-refractivity contribution < 1.29 is 9.47 Å². The molecule has 1 aromatic carbocycles. The first-order valence-electron chi connectivity index (χ1n) is 5.36. The maximum Gasteiger partial charge on any atom is 0.133 e. The van der Waals surface area contributed by atoms with E-state index in [1.165, 1.54) is 0 Å². The van der Waals surface area contributed by atoms with Gasteiger partial charge in [-0.25, -0.2) is 0 Å². The van der Waals surface area contributed by atoms with Crippen LogP contribution in [0, 0.1) is 16.7 Å². The summed E-state index contributed by atoms with van der Waals surface area (Å²) in [6.45, 7) is 4.32. The molecule has 0 amide bonds. The molecule has 17 heavy (non-hydrogen) atoms. The van der Waals surface area contributed by atoms with Crippen molar-refractivity contribution in [3.63, 3.8) is 0 Å². The van der Waals surface area contributed by atoms with E-state index in [-0.39, 0.29) is 5.41 Å². The summed E-state index contributed by atoms with van der Waals surface area (Å²) in [5, 5.41) is 8.88. The van der Waals surface area contributed by atoms with Crippen molar-refractivity contribution in [3.8, 4) is 17.6 Å². The van der Waals surface area contributed by atoms with E-state index in [0.717, 1.165) is 16.0 Å². The molecule has 0 radical (unpaired) electrons. The fourth-order valence-corrected chi connectivity index (χ4v) is 1.67. The number of nitriles is 1. The summed E-state index contributed by atoms with van der Waals surface area (Å²) in [6, 6.07) is 7.79. The summed E-state index contributed by atoms with van der Waals surface area (Å²) in [6.07, 6.45) is 0.696. The van der Waals surface area contributed by atoms with Gasteiger partial charge in [0.2, 0.25) is 0 Å². The lowest BCUT2D eigenvalue weighted by Crippen LogP contribution is -2.13. The van der Waals surface area contributed by atoms with Gasteiger partial charge in [0, 0.05) is 0 Å². The first-order valence-corrected chi connectivity index (χ1v) is 6.15. The van der Waals surface area contributed by atoms with E-state index < -0.39 is 0 Å². The summed E-state index contributed by atoms with van der Waals surface area (Å²) < 4.78 is 11.6. The summed E-state index contributed by atoms with van der Waals surface area (Å²) in [5.74, 6) is 1.54. The molecular weight excluding hydrogens is 282 g/mol. The first kappa shape index (κ1) is 13.9. The SMILES string of the molecule is COc1ccc(OCCC(C)(C)C#N)c(Br)c1. The molecule has 0 saturated heterocycles. The van der Waals surface area contributed by atoms with Gasteiger partial charge in [0.1, 0.15) is 11.5 Å². The molecule has 0 bridgehead atoms. The molecule has 0 aliphatic heterocycles. The van der Waals surface area contributed by atoms with Crippen LogP contribution < -0.4 is 9.47 Å². The predicted octanol–water partition coefficient (Wildman–Crippen LogP) is 3.78. The van der Waals surface area contributed by atoms with Gasteiger partial charge in [-0.1, -0.05) is 0 Å². The molecule has 0 aliphatic carbocycles. The molecule has 0 N–H and O–H groups in total. The minimum Gasteiger partial charge on any atom is -0.497 e. The Balaban J connectivity index is 2.56. The third kappa shape index (κ3) is 4.27. The molecule has 0 aliphatic rings. The monoisotopic (exact) mass is 297 g/mol. The number of benzene rings is 1. The molecule has 3 nitrogen and oxygen atoms in total. The van der Waals surface area contributed by atoms with Gasteiger partial charge in [-0.2, -0.15) is 5.26 Å². The molecule has 1 rings (SSSR count). The number of methoxy groups -OCH3 is 1. The molecular formula is C13H16BrNO2. The largest absolute Gasteiger partial charge is 0.497 e. The Morgan fingerprint density at radius 2 is 2.12 bits per heavy atom. The average molecular weight is 298 g/mol. The van der Waals surface area contributed by atoms with E-state index in [0.29, 0.717) is 13.0 Å². The van der Waals surface area contributed by atoms with Gasteiger partial charge in [0.05, 0.1) is 29.7 Å². The number of hydrogen-bond acceptors (Lipinski definition) is 3. The van der Waals surface area contributed by atoms with Crippen LogP contribution in [-0.2, 0) is 0 Å². The average Bonchev–Trinajstić information content (AvgIpc) is 2.31. The van der Waals surface area contributed by atoms with Gasteiger partial charge in [0.25, 0.3) is 0 Å². The van der Waals surface area contributed by atoms with E-state index in [4.69, 9.17) is 14.7 Å². The van der Waals surface area contributed by atoms with Gasteiger partial charge < -0.3 is 9.47 Å². The second-order valence-electron chi connectivity index (χ2n) is 4.39. The van der Waals surface area contributed by atoms with Crippen molar-refractivity contribution in [1.82, 2.24) is 0 Å². The smallest absolute Gasteiger partial charge is 0.133 e. The third-order valence-corrected chi connectivity index (χ3v) is 3.05. The van der Waals surface area contributed by atoms with Crippen LogP contribution in [0.1, 0.15) is 20.3 Å². The third-order valence-electron chi connectivity index (χ3n) is 2.43. The molecule has 0 aromatic heterocycles. The van der Waals surface area contributed by atoms with Crippen molar-refractivity contribution in [1.29, 1.82) is 5.26 Å². The second-order valence-corrected chi connectivity index (χ2v) is 5.24. The number of nitrogens with zero attached hydrogens (tertiary/aromatic N) is 1. The van der Waals surface area contributed by atoms with Crippen LogP contribution >= 0.6 is 15.9 Å². The Bertz CT molecular complexity index is 424. The lowest BCUT2D eigenvalue weighted by atomic mass is 9.92. The zero-order valence-corrected chi connectivity index (χ0v) is 11.9. The predicted molar refractivity (Wildman–Crippen MR) is 70.2 cm³/mol. The Hall–Kier alpha value is -1.21. The van der Waals surface area contributed by atoms with Gasteiger partial charge in [-0.05, 0) is 54.4 Å².